The third kappa shape index (κ3) is 2.22. The summed E-state index contributed by atoms with van der Waals surface area (Å²) in [4.78, 5) is 0. The summed E-state index contributed by atoms with van der Waals surface area (Å²) in [6, 6.07) is 0.676. The zero-order chi connectivity index (χ0) is 14.5. The molecule has 0 heterocycles. The fourth-order valence-electron chi connectivity index (χ4n) is 2.78. The highest BCUT2D eigenvalue weighted by Gasteiger charge is 2.41. The third-order valence-corrected chi connectivity index (χ3v) is 4.57. The van der Waals surface area contributed by atoms with Gasteiger partial charge in [0.1, 0.15) is 0 Å². The largest absolute Gasteiger partial charge is 0.395 e. The van der Waals surface area contributed by atoms with Gasteiger partial charge in [-0.15, -0.1) is 0 Å². The SMILES string of the molecule is [3H]C1=C(C(C)(C)CO)C(C)(C)C(C)=C(C)C1(C)C. The van der Waals surface area contributed by atoms with Crippen molar-refractivity contribution in [2.24, 2.45) is 16.2 Å². The van der Waals surface area contributed by atoms with Gasteiger partial charge in [0.2, 0.25) is 0 Å². The maximum absolute atomic E-state index is 9.69. The molecule has 0 atom stereocenters. The predicted molar refractivity (Wildman–Crippen MR) is 74.9 cm³/mol. The van der Waals surface area contributed by atoms with Gasteiger partial charge >= 0.3 is 0 Å². The second kappa shape index (κ2) is 3.98. The van der Waals surface area contributed by atoms with Crippen molar-refractivity contribution in [1.29, 1.82) is 0 Å². The van der Waals surface area contributed by atoms with E-state index >= 15 is 0 Å². The molecule has 0 radical (unpaired) electrons. The molecule has 0 amide bonds. The summed E-state index contributed by atoms with van der Waals surface area (Å²) in [5, 5.41) is 9.69. The van der Waals surface area contributed by atoms with Crippen LogP contribution in [0.4, 0.5) is 0 Å². The van der Waals surface area contributed by atoms with Gasteiger partial charge in [0.05, 0.1) is 7.98 Å². The maximum Gasteiger partial charge on any atom is 0.0585 e. The Bertz CT molecular complexity index is 422. The summed E-state index contributed by atoms with van der Waals surface area (Å²) in [5.41, 5.74) is 2.96. The molecular weight excluding hydrogens is 208 g/mol. The molecule has 0 aromatic carbocycles. The molecule has 0 saturated heterocycles. The Morgan fingerprint density at radius 1 is 1.18 bits per heavy atom. The summed E-state index contributed by atoms with van der Waals surface area (Å²) in [7, 11) is 0. The lowest BCUT2D eigenvalue weighted by Gasteiger charge is -2.46. The smallest absolute Gasteiger partial charge is 0.0585 e. The van der Waals surface area contributed by atoms with Crippen molar-refractivity contribution in [2.75, 3.05) is 6.61 Å². The lowest BCUT2D eigenvalue weighted by molar-refractivity contribution is 0.167. The molecule has 0 aromatic rings. The average Bonchev–Trinajstić information content (AvgIpc) is 2.24. The number of hydrogen-bond acceptors (Lipinski definition) is 1. The minimum atomic E-state index is -0.347. The Labute approximate surface area is 108 Å². The first-order valence-corrected chi connectivity index (χ1v) is 6.42. The second-order valence-corrected chi connectivity index (χ2v) is 7.04. The van der Waals surface area contributed by atoms with E-state index < -0.39 is 0 Å². The molecule has 0 unspecified atom stereocenters. The van der Waals surface area contributed by atoms with Gasteiger partial charge in [0, 0.05) is 16.2 Å². The quantitative estimate of drug-likeness (QED) is 0.710. The van der Waals surface area contributed by atoms with E-state index in [1.165, 1.54) is 11.1 Å². The Kier molecular flexibility index (Phi) is 3.02. The van der Waals surface area contributed by atoms with E-state index in [0.29, 0.717) is 6.05 Å². The second-order valence-electron chi connectivity index (χ2n) is 7.04. The molecule has 0 spiro atoms. The van der Waals surface area contributed by atoms with Gasteiger partial charge in [-0.3, -0.25) is 0 Å². The fourth-order valence-corrected chi connectivity index (χ4v) is 2.78. The van der Waals surface area contributed by atoms with Gasteiger partial charge in [0.15, 0.2) is 0 Å². The van der Waals surface area contributed by atoms with Crippen LogP contribution in [0.25, 0.3) is 0 Å². The van der Waals surface area contributed by atoms with Gasteiger partial charge in [-0.25, -0.2) is 0 Å². The topological polar surface area (TPSA) is 20.2 Å². The molecule has 98 valence electrons. The van der Waals surface area contributed by atoms with Gasteiger partial charge < -0.3 is 5.11 Å². The Morgan fingerprint density at radius 3 is 2.06 bits per heavy atom. The summed E-state index contributed by atoms with van der Waals surface area (Å²) in [6.45, 7) is 17.0. The number of aliphatic hydroxyl groups is 1. The molecule has 0 aliphatic heterocycles. The van der Waals surface area contributed by atoms with Crippen molar-refractivity contribution in [3.05, 3.63) is 22.8 Å². The van der Waals surface area contributed by atoms with Crippen LogP contribution in [0.5, 0.6) is 0 Å². The van der Waals surface area contributed by atoms with E-state index in [-0.39, 0.29) is 22.9 Å². The highest BCUT2D eigenvalue weighted by Crippen LogP contribution is 2.52. The molecule has 1 rings (SSSR count). The average molecular weight is 238 g/mol. The summed E-state index contributed by atoms with van der Waals surface area (Å²) >= 11 is 0. The van der Waals surface area contributed by atoms with E-state index in [9.17, 15) is 5.11 Å². The van der Waals surface area contributed by atoms with Crippen LogP contribution in [0, 0.1) is 16.2 Å². The van der Waals surface area contributed by atoms with Crippen LogP contribution >= 0.6 is 0 Å². The molecule has 0 aromatic heterocycles. The standard InChI is InChI=1S/C16H28O/c1-11-12(2)16(7,8)13(9-14(11,3)4)15(5,6)10-17/h9,17H,10H2,1-8H3/i9T. The summed E-state index contributed by atoms with van der Waals surface area (Å²) in [6.07, 6.45) is 0. The minimum absolute atomic E-state index is 0.0799. The monoisotopic (exact) mass is 238 g/mol. The van der Waals surface area contributed by atoms with E-state index in [1.54, 1.807) is 0 Å². The molecule has 1 heteroatoms. The molecule has 0 saturated carbocycles. The lowest BCUT2D eigenvalue weighted by Crippen LogP contribution is -2.36. The molecule has 1 nitrogen and oxygen atoms in total. The molecule has 1 aliphatic carbocycles. The molecule has 1 aliphatic rings. The zero-order valence-electron chi connectivity index (χ0n) is 13.7. The first-order valence-electron chi connectivity index (χ1n) is 6.92. The van der Waals surface area contributed by atoms with Crippen molar-refractivity contribution < 1.29 is 6.48 Å². The van der Waals surface area contributed by atoms with Crippen LogP contribution in [0.1, 0.15) is 56.8 Å². The molecule has 0 fully saturated rings. The van der Waals surface area contributed by atoms with Crippen LogP contribution in [0.15, 0.2) is 22.8 Å². The fraction of sp³-hybridized carbons (Fsp3) is 0.750. The predicted octanol–water partition coefficient (Wildman–Crippen LogP) is 4.33. The van der Waals surface area contributed by atoms with E-state index in [0.717, 1.165) is 5.57 Å². The van der Waals surface area contributed by atoms with Crippen molar-refractivity contribution in [1.82, 2.24) is 0 Å². The third-order valence-electron chi connectivity index (χ3n) is 4.57. The van der Waals surface area contributed by atoms with Crippen molar-refractivity contribution >= 4 is 0 Å². The van der Waals surface area contributed by atoms with Crippen molar-refractivity contribution in [3.8, 4) is 0 Å². The molecular formula is C16H28O. The highest BCUT2D eigenvalue weighted by molar-refractivity contribution is 5.42. The van der Waals surface area contributed by atoms with E-state index in [2.05, 4.69) is 41.5 Å². The van der Waals surface area contributed by atoms with Crippen LogP contribution in [0.3, 0.4) is 0 Å². The van der Waals surface area contributed by atoms with Crippen LogP contribution in [0.2, 0.25) is 0 Å². The summed E-state index contributed by atoms with van der Waals surface area (Å²) < 4.78 is 8.60. The summed E-state index contributed by atoms with van der Waals surface area (Å²) in [5.74, 6) is 0. The number of hydrogen-bond donors (Lipinski definition) is 1. The zero-order valence-corrected chi connectivity index (χ0v) is 12.7. The number of aliphatic hydroxyl groups excluding tert-OH is 1. The van der Waals surface area contributed by atoms with Gasteiger partial charge in [-0.05, 0) is 13.8 Å². The molecule has 0 bridgehead atoms. The van der Waals surface area contributed by atoms with E-state index in [1.807, 2.05) is 13.8 Å². The highest BCUT2D eigenvalue weighted by atomic mass is 16.3. The molecule has 1 N–H and O–H groups in total. The van der Waals surface area contributed by atoms with Gasteiger partial charge in [-0.1, -0.05) is 64.3 Å². The van der Waals surface area contributed by atoms with Crippen LogP contribution in [-0.2, 0) is 0 Å². The minimum Gasteiger partial charge on any atom is -0.395 e. The first-order chi connectivity index (χ1) is 7.90. The normalized spacial score (nSPS) is 25.1. The lowest BCUT2D eigenvalue weighted by atomic mass is 9.59. The number of allylic oxidation sites excluding steroid dienone is 3. The Hall–Kier alpha value is -0.560. The van der Waals surface area contributed by atoms with Gasteiger partial charge in [0.25, 0.3) is 0 Å². The number of rotatable bonds is 2. The Morgan fingerprint density at radius 2 is 1.65 bits per heavy atom. The van der Waals surface area contributed by atoms with E-state index in [4.69, 9.17) is 1.37 Å². The maximum atomic E-state index is 9.69. The van der Waals surface area contributed by atoms with Crippen molar-refractivity contribution in [2.45, 2.75) is 55.4 Å². The first kappa shape index (κ1) is 12.9. The van der Waals surface area contributed by atoms with Crippen LogP contribution in [-0.4, -0.2) is 11.7 Å². The van der Waals surface area contributed by atoms with Crippen molar-refractivity contribution in [3.63, 3.8) is 0 Å². The van der Waals surface area contributed by atoms with Gasteiger partial charge in [-0.2, -0.15) is 0 Å². The Balaban J connectivity index is 3.63. The van der Waals surface area contributed by atoms with Crippen LogP contribution < -0.4 is 0 Å². The molecule has 17 heavy (non-hydrogen) atoms.